The van der Waals surface area contributed by atoms with Crippen LogP contribution in [0, 0.1) is 23.7 Å². The van der Waals surface area contributed by atoms with Gasteiger partial charge in [0, 0.05) is 0 Å². The Labute approximate surface area is 61.4 Å². The zero-order valence-corrected chi connectivity index (χ0v) is 6.16. The molecule has 3 rings (SSSR count). The normalized spacial score (nSPS) is 63.9. The molecule has 3 fully saturated rings. The molecule has 0 radical (unpaired) electrons. The highest BCUT2D eigenvalue weighted by atomic mass is 16.3. The summed E-state index contributed by atoms with van der Waals surface area (Å²) in [5, 5.41) is 9.59. The molecule has 0 amide bonds. The SMILES string of the molecule is O[C@@H]1C[C@@H]2C[C@@H]3C[C@H]1C[C@@H]32. The van der Waals surface area contributed by atoms with E-state index < -0.39 is 0 Å². The molecule has 2 bridgehead atoms. The van der Waals surface area contributed by atoms with E-state index in [9.17, 15) is 5.11 Å². The second kappa shape index (κ2) is 1.58. The monoisotopic (exact) mass is 138 g/mol. The molecule has 1 heteroatoms. The van der Waals surface area contributed by atoms with E-state index in [4.69, 9.17) is 0 Å². The van der Waals surface area contributed by atoms with Gasteiger partial charge >= 0.3 is 0 Å². The molecule has 5 atom stereocenters. The number of aliphatic hydroxyl groups excluding tert-OH is 1. The molecule has 0 heterocycles. The van der Waals surface area contributed by atoms with E-state index in [1.54, 1.807) is 0 Å². The highest BCUT2D eigenvalue weighted by Gasteiger charge is 2.53. The fourth-order valence-electron chi connectivity index (χ4n) is 3.51. The fraction of sp³-hybridized carbons (Fsp3) is 1.00. The first-order valence-electron chi connectivity index (χ1n) is 4.52. The standard InChI is InChI=1S/C9H14O/c10-9-4-6-1-5-2-7(9)3-8(5)6/h5-10H,1-4H2/t5-,6+,7+,8+,9-/m1/s1. The van der Waals surface area contributed by atoms with Crippen molar-refractivity contribution in [2.75, 3.05) is 0 Å². The molecule has 0 spiro atoms. The number of hydrogen-bond donors (Lipinski definition) is 1. The number of hydrogen-bond acceptors (Lipinski definition) is 1. The lowest BCUT2D eigenvalue weighted by Crippen LogP contribution is -2.37. The van der Waals surface area contributed by atoms with E-state index >= 15 is 0 Å². The maximum Gasteiger partial charge on any atom is 0.0571 e. The van der Waals surface area contributed by atoms with Gasteiger partial charge in [0.15, 0.2) is 0 Å². The highest BCUT2D eigenvalue weighted by molar-refractivity contribution is 5.03. The minimum Gasteiger partial charge on any atom is -0.393 e. The molecular formula is C9H14O. The van der Waals surface area contributed by atoms with Crippen LogP contribution < -0.4 is 0 Å². The Bertz CT molecular complexity index is 164. The lowest BCUT2D eigenvalue weighted by molar-refractivity contribution is 0.00948. The molecule has 3 saturated carbocycles. The van der Waals surface area contributed by atoms with Crippen molar-refractivity contribution in [3.05, 3.63) is 0 Å². The molecule has 0 aromatic heterocycles. The van der Waals surface area contributed by atoms with Crippen LogP contribution in [-0.2, 0) is 0 Å². The second-order valence-electron chi connectivity index (χ2n) is 4.45. The van der Waals surface area contributed by atoms with Crippen molar-refractivity contribution in [2.45, 2.75) is 31.8 Å². The molecule has 56 valence electrons. The van der Waals surface area contributed by atoms with Crippen LogP contribution >= 0.6 is 0 Å². The zero-order valence-electron chi connectivity index (χ0n) is 6.16. The predicted molar refractivity (Wildman–Crippen MR) is 38.4 cm³/mol. The molecule has 0 aromatic rings. The van der Waals surface area contributed by atoms with Gasteiger partial charge in [0.2, 0.25) is 0 Å². The van der Waals surface area contributed by atoms with Crippen LogP contribution in [0.2, 0.25) is 0 Å². The van der Waals surface area contributed by atoms with Gasteiger partial charge in [-0.15, -0.1) is 0 Å². The van der Waals surface area contributed by atoms with Crippen LogP contribution in [0.5, 0.6) is 0 Å². The van der Waals surface area contributed by atoms with Crippen LogP contribution in [0.4, 0.5) is 0 Å². The van der Waals surface area contributed by atoms with Crippen LogP contribution in [0.3, 0.4) is 0 Å². The van der Waals surface area contributed by atoms with Crippen LogP contribution in [0.1, 0.15) is 25.7 Å². The van der Waals surface area contributed by atoms with E-state index in [0.717, 1.165) is 24.2 Å². The Balaban J connectivity index is 1.92. The Morgan fingerprint density at radius 3 is 2.40 bits per heavy atom. The first-order valence-corrected chi connectivity index (χ1v) is 4.52. The lowest BCUT2D eigenvalue weighted by atomic mass is 9.63. The summed E-state index contributed by atoms with van der Waals surface area (Å²) >= 11 is 0. The molecule has 1 nitrogen and oxygen atoms in total. The van der Waals surface area contributed by atoms with Crippen molar-refractivity contribution in [3.8, 4) is 0 Å². The summed E-state index contributed by atoms with van der Waals surface area (Å²) < 4.78 is 0. The van der Waals surface area contributed by atoms with Crippen molar-refractivity contribution in [2.24, 2.45) is 23.7 Å². The summed E-state index contributed by atoms with van der Waals surface area (Å²) in [5.74, 6) is 3.72. The van der Waals surface area contributed by atoms with Gasteiger partial charge in [0.05, 0.1) is 6.10 Å². The molecule has 0 aliphatic heterocycles. The van der Waals surface area contributed by atoms with Crippen molar-refractivity contribution in [1.82, 2.24) is 0 Å². The fourth-order valence-corrected chi connectivity index (χ4v) is 3.51. The third-order valence-electron chi connectivity index (χ3n) is 4.09. The van der Waals surface area contributed by atoms with E-state index in [-0.39, 0.29) is 6.10 Å². The van der Waals surface area contributed by atoms with Crippen molar-refractivity contribution < 1.29 is 5.11 Å². The highest BCUT2D eigenvalue weighted by Crippen LogP contribution is 2.59. The first-order chi connectivity index (χ1) is 4.84. The van der Waals surface area contributed by atoms with E-state index in [2.05, 4.69) is 0 Å². The lowest BCUT2D eigenvalue weighted by Gasteiger charge is -2.42. The molecule has 3 aliphatic rings. The average molecular weight is 138 g/mol. The van der Waals surface area contributed by atoms with Crippen molar-refractivity contribution >= 4 is 0 Å². The van der Waals surface area contributed by atoms with Gasteiger partial charge in [0.25, 0.3) is 0 Å². The van der Waals surface area contributed by atoms with Crippen LogP contribution in [0.15, 0.2) is 0 Å². The summed E-state index contributed by atoms with van der Waals surface area (Å²) in [6.07, 6.45) is 5.36. The molecule has 10 heavy (non-hydrogen) atoms. The largest absolute Gasteiger partial charge is 0.393 e. The number of aliphatic hydroxyl groups is 1. The number of fused-ring (bicyclic) bond motifs is 1. The molecule has 0 aromatic carbocycles. The Morgan fingerprint density at radius 2 is 1.50 bits per heavy atom. The summed E-state index contributed by atoms with van der Waals surface area (Å²) in [4.78, 5) is 0. The van der Waals surface area contributed by atoms with Gasteiger partial charge in [-0.1, -0.05) is 0 Å². The van der Waals surface area contributed by atoms with E-state index in [1.165, 1.54) is 19.3 Å². The summed E-state index contributed by atoms with van der Waals surface area (Å²) in [6.45, 7) is 0. The molecular weight excluding hydrogens is 124 g/mol. The van der Waals surface area contributed by atoms with E-state index in [1.807, 2.05) is 0 Å². The van der Waals surface area contributed by atoms with Gasteiger partial charge in [-0.2, -0.15) is 0 Å². The molecule has 0 unspecified atom stereocenters. The van der Waals surface area contributed by atoms with Gasteiger partial charge in [-0.3, -0.25) is 0 Å². The second-order valence-corrected chi connectivity index (χ2v) is 4.45. The Hall–Kier alpha value is -0.0400. The van der Waals surface area contributed by atoms with Gasteiger partial charge in [-0.25, -0.2) is 0 Å². The van der Waals surface area contributed by atoms with Crippen LogP contribution in [-0.4, -0.2) is 11.2 Å². The Morgan fingerprint density at radius 1 is 0.800 bits per heavy atom. The minimum atomic E-state index is 0.0775. The summed E-state index contributed by atoms with van der Waals surface area (Å²) in [5.41, 5.74) is 0. The topological polar surface area (TPSA) is 20.2 Å². The average Bonchev–Trinajstić information content (AvgIpc) is 2.04. The maximum absolute atomic E-state index is 9.59. The quantitative estimate of drug-likeness (QED) is 0.536. The van der Waals surface area contributed by atoms with Gasteiger partial charge < -0.3 is 5.11 Å². The van der Waals surface area contributed by atoms with Crippen molar-refractivity contribution in [1.29, 1.82) is 0 Å². The Kier molecular flexibility index (Phi) is 0.883. The van der Waals surface area contributed by atoms with Gasteiger partial charge in [-0.05, 0) is 49.4 Å². The smallest absolute Gasteiger partial charge is 0.0571 e. The molecule has 3 aliphatic carbocycles. The summed E-state index contributed by atoms with van der Waals surface area (Å²) in [6, 6.07) is 0. The van der Waals surface area contributed by atoms with Gasteiger partial charge in [0.1, 0.15) is 0 Å². The summed E-state index contributed by atoms with van der Waals surface area (Å²) in [7, 11) is 0. The zero-order chi connectivity index (χ0) is 6.72. The number of rotatable bonds is 0. The van der Waals surface area contributed by atoms with Crippen LogP contribution in [0.25, 0.3) is 0 Å². The molecule has 0 saturated heterocycles. The third kappa shape index (κ3) is 0.493. The third-order valence-corrected chi connectivity index (χ3v) is 4.09. The van der Waals surface area contributed by atoms with Crippen molar-refractivity contribution in [3.63, 3.8) is 0 Å². The molecule has 1 N–H and O–H groups in total. The minimum absolute atomic E-state index is 0.0775. The maximum atomic E-state index is 9.59. The van der Waals surface area contributed by atoms with E-state index in [0.29, 0.717) is 5.92 Å². The predicted octanol–water partition coefficient (Wildman–Crippen LogP) is 1.41. The first kappa shape index (κ1) is 5.59.